The van der Waals surface area contributed by atoms with Crippen molar-refractivity contribution in [2.24, 2.45) is 0 Å². The van der Waals surface area contributed by atoms with Crippen LogP contribution in [-0.2, 0) is 12.3 Å². The highest BCUT2D eigenvalue weighted by molar-refractivity contribution is 5.44. The first-order chi connectivity index (χ1) is 5.11. The summed E-state index contributed by atoms with van der Waals surface area (Å²) < 4.78 is 29.9. The van der Waals surface area contributed by atoms with E-state index < -0.39 is 5.92 Å². The van der Waals surface area contributed by atoms with E-state index in [4.69, 9.17) is 5.73 Å². The summed E-state index contributed by atoms with van der Waals surface area (Å²) in [5.41, 5.74) is 5.65. The quantitative estimate of drug-likeness (QED) is 0.622. The maximum atomic E-state index is 12.8. The molecule has 11 heavy (non-hydrogen) atoms. The van der Waals surface area contributed by atoms with Crippen molar-refractivity contribution in [2.75, 3.05) is 5.73 Å². The number of nitrogen functional groups attached to an aromatic ring is 1. The van der Waals surface area contributed by atoms with Gasteiger partial charge in [0.2, 0.25) is 5.76 Å². The second kappa shape index (κ2) is 1.72. The van der Waals surface area contributed by atoms with E-state index in [9.17, 15) is 8.78 Å². The number of anilines is 1. The Bertz CT molecular complexity index is 295. The van der Waals surface area contributed by atoms with Crippen molar-refractivity contribution in [2.45, 2.75) is 18.8 Å². The highest BCUT2D eigenvalue weighted by Gasteiger charge is 2.45. The van der Waals surface area contributed by atoms with Crippen molar-refractivity contribution in [3.05, 3.63) is 11.3 Å². The van der Waals surface area contributed by atoms with Gasteiger partial charge in [0.05, 0.1) is 0 Å². The van der Waals surface area contributed by atoms with Crippen LogP contribution < -0.4 is 5.73 Å². The van der Waals surface area contributed by atoms with Crippen LogP contribution in [0.1, 0.15) is 17.7 Å². The molecule has 0 aliphatic heterocycles. The fraction of sp³-hybridized carbons (Fsp3) is 0.500. The predicted molar refractivity (Wildman–Crippen MR) is 33.1 cm³/mol. The zero-order valence-corrected chi connectivity index (χ0v) is 5.60. The standard InChI is InChI=1S/C6H6F2N2O/c7-6(8)2-1-3-4(6)11-10-5(3)9/h1-2H2,(H2,9,10). The third-order valence-electron chi connectivity index (χ3n) is 1.84. The molecule has 0 radical (unpaired) electrons. The van der Waals surface area contributed by atoms with Gasteiger partial charge < -0.3 is 10.3 Å². The first-order valence-electron chi connectivity index (χ1n) is 3.23. The third kappa shape index (κ3) is 0.735. The average molecular weight is 160 g/mol. The number of hydrogen-bond acceptors (Lipinski definition) is 3. The SMILES string of the molecule is Nc1noc2c1CCC2(F)F. The van der Waals surface area contributed by atoms with E-state index in [-0.39, 0.29) is 24.4 Å². The molecule has 0 amide bonds. The Morgan fingerprint density at radius 2 is 2.27 bits per heavy atom. The van der Waals surface area contributed by atoms with Gasteiger partial charge in [0.1, 0.15) is 0 Å². The van der Waals surface area contributed by atoms with Gasteiger partial charge in [-0.15, -0.1) is 0 Å². The Hall–Kier alpha value is -1.13. The molecule has 1 aliphatic carbocycles. The summed E-state index contributed by atoms with van der Waals surface area (Å²) in [5, 5.41) is 3.26. The number of nitrogens with two attached hydrogens (primary N) is 1. The minimum absolute atomic E-state index is 0.0946. The van der Waals surface area contributed by atoms with Crippen LogP contribution in [0.15, 0.2) is 4.52 Å². The zero-order valence-electron chi connectivity index (χ0n) is 5.60. The summed E-state index contributed by atoms with van der Waals surface area (Å²) in [6.07, 6.45) is 0.0472. The summed E-state index contributed by atoms with van der Waals surface area (Å²) >= 11 is 0. The van der Waals surface area contributed by atoms with Gasteiger partial charge in [-0.2, -0.15) is 8.78 Å². The molecule has 1 aromatic heterocycles. The minimum atomic E-state index is -2.86. The maximum absolute atomic E-state index is 12.8. The summed E-state index contributed by atoms with van der Waals surface area (Å²) in [4.78, 5) is 0. The monoisotopic (exact) mass is 160 g/mol. The molecule has 0 fully saturated rings. The molecule has 0 saturated heterocycles. The molecule has 1 aliphatic rings. The van der Waals surface area contributed by atoms with Gasteiger partial charge in [-0.05, 0) is 6.42 Å². The lowest BCUT2D eigenvalue weighted by Gasteiger charge is -2.03. The summed E-state index contributed by atoms with van der Waals surface area (Å²) in [6.45, 7) is 0. The van der Waals surface area contributed by atoms with Crippen molar-refractivity contribution < 1.29 is 13.3 Å². The molecule has 0 atom stereocenters. The van der Waals surface area contributed by atoms with E-state index in [1.807, 2.05) is 0 Å². The number of alkyl halides is 2. The molecule has 1 aromatic rings. The molecule has 0 aromatic carbocycles. The van der Waals surface area contributed by atoms with Crippen LogP contribution in [0.25, 0.3) is 0 Å². The van der Waals surface area contributed by atoms with Crippen LogP contribution in [0.3, 0.4) is 0 Å². The maximum Gasteiger partial charge on any atom is 0.308 e. The molecule has 60 valence electrons. The lowest BCUT2D eigenvalue weighted by Crippen LogP contribution is -2.06. The topological polar surface area (TPSA) is 52.0 Å². The smallest absolute Gasteiger partial charge is 0.308 e. The highest BCUT2D eigenvalue weighted by Crippen LogP contribution is 2.43. The van der Waals surface area contributed by atoms with Crippen molar-refractivity contribution in [1.82, 2.24) is 5.16 Å². The highest BCUT2D eigenvalue weighted by atomic mass is 19.3. The normalized spacial score (nSPS) is 20.2. The van der Waals surface area contributed by atoms with E-state index in [0.717, 1.165) is 0 Å². The molecular formula is C6H6F2N2O. The van der Waals surface area contributed by atoms with Crippen LogP contribution in [0.2, 0.25) is 0 Å². The number of fused-ring (bicyclic) bond motifs is 1. The summed E-state index contributed by atoms with van der Waals surface area (Å²) in [5.74, 6) is -3.12. The Kier molecular flexibility index (Phi) is 1.03. The van der Waals surface area contributed by atoms with Crippen LogP contribution in [0, 0.1) is 0 Å². The first kappa shape index (κ1) is 6.57. The number of nitrogens with zero attached hydrogens (tertiary/aromatic N) is 1. The predicted octanol–water partition coefficient (Wildman–Crippen LogP) is 1.29. The van der Waals surface area contributed by atoms with Gasteiger partial charge in [0.15, 0.2) is 5.82 Å². The second-order valence-corrected chi connectivity index (χ2v) is 2.58. The Morgan fingerprint density at radius 3 is 2.91 bits per heavy atom. The van der Waals surface area contributed by atoms with Crippen LogP contribution in [-0.4, -0.2) is 5.16 Å². The van der Waals surface area contributed by atoms with E-state index >= 15 is 0 Å². The van der Waals surface area contributed by atoms with Gasteiger partial charge >= 0.3 is 5.92 Å². The fourth-order valence-electron chi connectivity index (χ4n) is 1.25. The Labute approximate surface area is 61.2 Å². The van der Waals surface area contributed by atoms with Gasteiger partial charge in [0, 0.05) is 12.0 Å². The van der Waals surface area contributed by atoms with Crippen LogP contribution >= 0.6 is 0 Å². The van der Waals surface area contributed by atoms with Crippen molar-refractivity contribution in [3.8, 4) is 0 Å². The Morgan fingerprint density at radius 1 is 1.55 bits per heavy atom. The molecule has 1 heterocycles. The molecule has 2 rings (SSSR count). The minimum Gasteiger partial charge on any atom is -0.381 e. The fourth-order valence-corrected chi connectivity index (χ4v) is 1.25. The number of halogens is 2. The molecule has 5 heteroatoms. The van der Waals surface area contributed by atoms with Crippen molar-refractivity contribution in [1.29, 1.82) is 0 Å². The number of hydrogen-bond donors (Lipinski definition) is 1. The lowest BCUT2D eigenvalue weighted by molar-refractivity contribution is -0.0269. The van der Waals surface area contributed by atoms with Crippen molar-refractivity contribution >= 4 is 5.82 Å². The van der Waals surface area contributed by atoms with E-state index in [1.165, 1.54) is 0 Å². The Balaban J connectivity index is 2.57. The molecule has 0 saturated carbocycles. The lowest BCUT2D eigenvalue weighted by atomic mass is 10.3. The van der Waals surface area contributed by atoms with Crippen LogP contribution in [0.5, 0.6) is 0 Å². The van der Waals surface area contributed by atoms with Gasteiger partial charge in [-0.25, -0.2) is 0 Å². The molecule has 0 spiro atoms. The first-order valence-corrected chi connectivity index (χ1v) is 3.23. The van der Waals surface area contributed by atoms with Crippen LogP contribution in [0.4, 0.5) is 14.6 Å². The average Bonchev–Trinajstić information content (AvgIpc) is 2.39. The number of aromatic nitrogens is 1. The summed E-state index contributed by atoms with van der Waals surface area (Å²) in [7, 11) is 0. The molecule has 0 unspecified atom stereocenters. The molecule has 0 bridgehead atoms. The van der Waals surface area contributed by atoms with E-state index in [2.05, 4.69) is 9.68 Å². The largest absolute Gasteiger partial charge is 0.381 e. The van der Waals surface area contributed by atoms with Gasteiger partial charge in [-0.1, -0.05) is 5.16 Å². The van der Waals surface area contributed by atoms with E-state index in [0.29, 0.717) is 5.56 Å². The van der Waals surface area contributed by atoms with Gasteiger partial charge in [0.25, 0.3) is 0 Å². The molecule has 3 nitrogen and oxygen atoms in total. The zero-order chi connectivity index (χ0) is 8.06. The van der Waals surface area contributed by atoms with Gasteiger partial charge in [-0.3, -0.25) is 0 Å². The molecular weight excluding hydrogens is 154 g/mol. The molecule has 2 N–H and O–H groups in total. The number of rotatable bonds is 0. The van der Waals surface area contributed by atoms with E-state index in [1.54, 1.807) is 0 Å². The summed E-state index contributed by atoms with van der Waals surface area (Å²) in [6, 6.07) is 0. The third-order valence-corrected chi connectivity index (χ3v) is 1.84. The second-order valence-electron chi connectivity index (χ2n) is 2.58. The van der Waals surface area contributed by atoms with Crippen molar-refractivity contribution in [3.63, 3.8) is 0 Å².